The number of rotatable bonds is 6. The van der Waals surface area contributed by atoms with Gasteiger partial charge in [0.05, 0.1) is 31.4 Å². The number of methoxy groups -OCH3 is 2. The van der Waals surface area contributed by atoms with Gasteiger partial charge < -0.3 is 19.2 Å². The molecule has 2 rings (SSSR count). The molecule has 22 heavy (non-hydrogen) atoms. The standard InChI is InChI=1S/C15H18N2O4S/c1-9-10(2)21-15(16-9)22-8-14(18)17-12-6-5-11(19-3)7-13(12)20-4/h5-7H,8H2,1-4H3,(H,17,18). The van der Waals surface area contributed by atoms with Gasteiger partial charge in [-0.05, 0) is 26.0 Å². The smallest absolute Gasteiger partial charge is 0.256 e. The fraction of sp³-hybridized carbons (Fsp3) is 0.333. The molecule has 118 valence electrons. The number of nitrogens with one attached hydrogen (secondary N) is 1. The van der Waals surface area contributed by atoms with Crippen molar-refractivity contribution in [3.05, 3.63) is 29.7 Å². The molecule has 0 atom stereocenters. The van der Waals surface area contributed by atoms with E-state index in [1.165, 1.54) is 18.9 Å². The topological polar surface area (TPSA) is 73.6 Å². The number of thioether (sulfide) groups is 1. The number of benzene rings is 1. The molecule has 0 aliphatic heterocycles. The van der Waals surface area contributed by atoms with Gasteiger partial charge in [0, 0.05) is 6.07 Å². The lowest BCUT2D eigenvalue weighted by atomic mass is 10.2. The third-order valence-corrected chi connectivity index (χ3v) is 3.85. The molecular weight excluding hydrogens is 304 g/mol. The summed E-state index contributed by atoms with van der Waals surface area (Å²) in [5.74, 6) is 2.01. The van der Waals surface area contributed by atoms with Gasteiger partial charge in [-0.2, -0.15) is 0 Å². The quantitative estimate of drug-likeness (QED) is 0.824. The average molecular weight is 322 g/mol. The van der Waals surface area contributed by atoms with Crippen molar-refractivity contribution in [2.45, 2.75) is 19.1 Å². The van der Waals surface area contributed by atoms with E-state index in [9.17, 15) is 4.79 Å². The molecule has 0 saturated carbocycles. The number of hydrogen-bond donors (Lipinski definition) is 1. The highest BCUT2D eigenvalue weighted by molar-refractivity contribution is 7.99. The maximum atomic E-state index is 12.0. The first-order chi connectivity index (χ1) is 10.5. The van der Waals surface area contributed by atoms with Crippen molar-refractivity contribution in [1.82, 2.24) is 4.98 Å². The predicted molar refractivity (Wildman–Crippen MR) is 84.9 cm³/mol. The van der Waals surface area contributed by atoms with Gasteiger partial charge in [0.25, 0.3) is 5.22 Å². The SMILES string of the molecule is COc1ccc(NC(=O)CSc2nc(C)c(C)o2)c(OC)c1. The molecule has 1 amide bonds. The van der Waals surface area contributed by atoms with Gasteiger partial charge in [-0.15, -0.1) is 0 Å². The number of nitrogens with zero attached hydrogens (tertiary/aromatic N) is 1. The molecule has 0 aliphatic carbocycles. The van der Waals surface area contributed by atoms with Crippen LogP contribution in [0, 0.1) is 13.8 Å². The molecular formula is C15H18N2O4S. The fourth-order valence-electron chi connectivity index (χ4n) is 1.72. The summed E-state index contributed by atoms with van der Waals surface area (Å²) in [5, 5.41) is 3.29. The summed E-state index contributed by atoms with van der Waals surface area (Å²) in [7, 11) is 3.11. The minimum Gasteiger partial charge on any atom is -0.497 e. The molecule has 0 aliphatic rings. The summed E-state index contributed by atoms with van der Waals surface area (Å²) in [5.41, 5.74) is 1.42. The monoisotopic (exact) mass is 322 g/mol. The molecule has 6 nitrogen and oxygen atoms in total. The van der Waals surface area contributed by atoms with Crippen LogP contribution in [0.1, 0.15) is 11.5 Å². The molecule has 1 heterocycles. The number of aromatic nitrogens is 1. The number of carbonyl (C=O) groups excluding carboxylic acids is 1. The molecule has 7 heteroatoms. The van der Waals surface area contributed by atoms with Crippen molar-refractivity contribution >= 4 is 23.4 Å². The Kier molecular flexibility index (Phi) is 5.32. The summed E-state index contributed by atoms with van der Waals surface area (Å²) < 4.78 is 15.8. The van der Waals surface area contributed by atoms with Crippen molar-refractivity contribution in [3.63, 3.8) is 0 Å². The van der Waals surface area contributed by atoms with Crippen molar-refractivity contribution in [1.29, 1.82) is 0 Å². The molecule has 1 aromatic carbocycles. The molecule has 0 fully saturated rings. The van der Waals surface area contributed by atoms with Crippen LogP contribution >= 0.6 is 11.8 Å². The second-order valence-corrected chi connectivity index (χ2v) is 5.45. The summed E-state index contributed by atoms with van der Waals surface area (Å²) in [6.45, 7) is 3.71. The zero-order valence-corrected chi connectivity index (χ0v) is 13.7. The minimum atomic E-state index is -0.165. The highest BCUT2D eigenvalue weighted by atomic mass is 32.2. The fourth-order valence-corrected chi connectivity index (χ4v) is 2.43. The summed E-state index contributed by atoms with van der Waals surface area (Å²) >= 11 is 1.25. The zero-order chi connectivity index (χ0) is 16.1. The minimum absolute atomic E-state index is 0.165. The molecule has 2 aromatic rings. The number of carbonyl (C=O) groups is 1. The summed E-state index contributed by atoms with van der Waals surface area (Å²) in [4.78, 5) is 16.2. The van der Waals surface area contributed by atoms with E-state index in [0.717, 1.165) is 11.5 Å². The number of oxazole rings is 1. The van der Waals surface area contributed by atoms with Gasteiger partial charge in [-0.25, -0.2) is 4.98 Å². The molecule has 0 spiro atoms. The second-order valence-electron chi connectivity index (χ2n) is 4.52. The Morgan fingerprint density at radius 2 is 2.09 bits per heavy atom. The Morgan fingerprint density at radius 3 is 2.68 bits per heavy atom. The van der Waals surface area contributed by atoms with Crippen LogP contribution < -0.4 is 14.8 Å². The van der Waals surface area contributed by atoms with Crippen LogP contribution in [0.4, 0.5) is 5.69 Å². The lowest BCUT2D eigenvalue weighted by Gasteiger charge is -2.11. The van der Waals surface area contributed by atoms with Crippen molar-refractivity contribution in [3.8, 4) is 11.5 Å². The largest absolute Gasteiger partial charge is 0.497 e. The number of amides is 1. The van der Waals surface area contributed by atoms with E-state index < -0.39 is 0 Å². The Bertz CT molecular complexity index is 650. The summed E-state index contributed by atoms with van der Waals surface area (Å²) in [6, 6.07) is 5.20. The molecule has 1 N–H and O–H groups in total. The molecule has 0 unspecified atom stereocenters. The van der Waals surface area contributed by atoms with E-state index >= 15 is 0 Å². The number of aryl methyl sites for hydroxylation is 2. The highest BCUT2D eigenvalue weighted by Gasteiger charge is 2.12. The van der Waals surface area contributed by atoms with Crippen LogP contribution in [0.25, 0.3) is 0 Å². The Hall–Kier alpha value is -2.15. The molecule has 1 aromatic heterocycles. The van der Waals surface area contributed by atoms with Gasteiger partial charge >= 0.3 is 0 Å². The maximum Gasteiger partial charge on any atom is 0.256 e. The first-order valence-corrected chi connectivity index (χ1v) is 7.60. The van der Waals surface area contributed by atoms with Crippen LogP contribution in [0.2, 0.25) is 0 Å². The van der Waals surface area contributed by atoms with Crippen LogP contribution in [-0.4, -0.2) is 30.9 Å². The van der Waals surface area contributed by atoms with Crippen LogP contribution in [0.3, 0.4) is 0 Å². The van der Waals surface area contributed by atoms with Crippen molar-refractivity contribution in [2.75, 3.05) is 25.3 Å². The van der Waals surface area contributed by atoms with Crippen molar-refractivity contribution < 1.29 is 18.7 Å². The van der Waals surface area contributed by atoms with Gasteiger partial charge in [0.2, 0.25) is 5.91 Å². The number of ether oxygens (including phenoxy) is 2. The van der Waals surface area contributed by atoms with E-state index in [-0.39, 0.29) is 11.7 Å². The third kappa shape index (κ3) is 3.94. The van der Waals surface area contributed by atoms with Crippen LogP contribution in [0.5, 0.6) is 11.5 Å². The van der Waals surface area contributed by atoms with Crippen LogP contribution in [-0.2, 0) is 4.79 Å². The Morgan fingerprint density at radius 1 is 1.32 bits per heavy atom. The number of hydrogen-bond acceptors (Lipinski definition) is 6. The van der Waals surface area contributed by atoms with Gasteiger partial charge in [-0.1, -0.05) is 11.8 Å². The molecule has 0 bridgehead atoms. The number of anilines is 1. The molecule has 0 radical (unpaired) electrons. The first-order valence-electron chi connectivity index (χ1n) is 6.62. The van der Waals surface area contributed by atoms with E-state index in [1.54, 1.807) is 25.3 Å². The first kappa shape index (κ1) is 16.2. The lowest BCUT2D eigenvalue weighted by Crippen LogP contribution is -2.14. The molecule has 0 saturated heterocycles. The van der Waals surface area contributed by atoms with Gasteiger partial charge in [0.15, 0.2) is 0 Å². The lowest BCUT2D eigenvalue weighted by molar-refractivity contribution is -0.113. The van der Waals surface area contributed by atoms with E-state index in [1.807, 2.05) is 13.8 Å². The van der Waals surface area contributed by atoms with E-state index in [4.69, 9.17) is 13.9 Å². The van der Waals surface area contributed by atoms with E-state index in [2.05, 4.69) is 10.3 Å². The zero-order valence-electron chi connectivity index (χ0n) is 12.9. The maximum absolute atomic E-state index is 12.0. The average Bonchev–Trinajstić information content (AvgIpc) is 2.84. The third-order valence-electron chi connectivity index (χ3n) is 3.02. The normalized spacial score (nSPS) is 10.4. The Balaban J connectivity index is 1.97. The predicted octanol–water partition coefficient (Wildman–Crippen LogP) is 3.04. The van der Waals surface area contributed by atoms with Gasteiger partial charge in [0.1, 0.15) is 17.3 Å². The Labute approximate surface area is 133 Å². The van der Waals surface area contributed by atoms with E-state index in [0.29, 0.717) is 22.4 Å². The van der Waals surface area contributed by atoms with Crippen molar-refractivity contribution in [2.24, 2.45) is 0 Å². The highest BCUT2D eigenvalue weighted by Crippen LogP contribution is 2.29. The van der Waals surface area contributed by atoms with Gasteiger partial charge in [-0.3, -0.25) is 4.79 Å². The summed E-state index contributed by atoms with van der Waals surface area (Å²) in [6.07, 6.45) is 0. The second kappa shape index (κ2) is 7.22. The van der Waals surface area contributed by atoms with Crippen LogP contribution in [0.15, 0.2) is 27.8 Å².